The van der Waals surface area contributed by atoms with Gasteiger partial charge in [0.05, 0.1) is 12.4 Å². The lowest BCUT2D eigenvalue weighted by atomic mass is 10.2. The summed E-state index contributed by atoms with van der Waals surface area (Å²) in [6.45, 7) is 6.49. The quantitative estimate of drug-likeness (QED) is 0.812. The molecule has 0 aromatic carbocycles. The van der Waals surface area contributed by atoms with E-state index in [0.717, 1.165) is 0 Å². The first-order valence-corrected chi connectivity index (χ1v) is 5.42. The highest BCUT2D eigenvalue weighted by atomic mass is 16.5. The lowest BCUT2D eigenvalue weighted by Gasteiger charge is -2.14. The summed E-state index contributed by atoms with van der Waals surface area (Å²) in [5.74, 6) is 0.946. The zero-order valence-corrected chi connectivity index (χ0v) is 10.2. The Morgan fingerprint density at radius 2 is 2.25 bits per heavy atom. The minimum atomic E-state index is -0.497. The molecule has 1 unspecified atom stereocenters. The molecule has 0 spiro atoms. The summed E-state index contributed by atoms with van der Waals surface area (Å²) in [5, 5.41) is 6.78. The summed E-state index contributed by atoms with van der Waals surface area (Å²) in [4.78, 5) is 11.6. The number of carbonyl (C=O) groups is 1. The lowest BCUT2D eigenvalue weighted by Crippen LogP contribution is -2.38. The summed E-state index contributed by atoms with van der Waals surface area (Å²) in [6, 6.07) is 0. The van der Waals surface area contributed by atoms with Gasteiger partial charge in [0.1, 0.15) is 0 Å². The minimum Gasteiger partial charge on any atom is -0.478 e. The number of carbonyl (C=O) groups excluding carboxylic acids is 1. The van der Waals surface area contributed by atoms with Crippen molar-refractivity contribution in [3.8, 4) is 5.75 Å². The van der Waals surface area contributed by atoms with Crippen molar-refractivity contribution in [3.05, 3.63) is 12.4 Å². The second kappa shape index (κ2) is 5.53. The average Bonchev–Trinajstić information content (AvgIpc) is 2.60. The Morgan fingerprint density at radius 3 is 2.75 bits per heavy atom. The van der Waals surface area contributed by atoms with Crippen LogP contribution in [0.15, 0.2) is 12.4 Å². The van der Waals surface area contributed by atoms with Crippen LogP contribution >= 0.6 is 0 Å². The third-order valence-electron chi connectivity index (χ3n) is 2.05. The third kappa shape index (κ3) is 3.92. The van der Waals surface area contributed by atoms with Gasteiger partial charge in [0.2, 0.25) is 0 Å². The SMILES string of the molecule is CC(C)CNC(=O)C(C)Oc1cnn(C)c1. The van der Waals surface area contributed by atoms with Gasteiger partial charge in [-0.05, 0) is 12.8 Å². The molecular weight excluding hydrogens is 206 g/mol. The van der Waals surface area contributed by atoms with Gasteiger partial charge in [-0.2, -0.15) is 5.10 Å². The normalized spacial score (nSPS) is 12.6. The maximum atomic E-state index is 11.6. The topological polar surface area (TPSA) is 56.1 Å². The van der Waals surface area contributed by atoms with Crippen molar-refractivity contribution in [3.63, 3.8) is 0 Å². The van der Waals surface area contributed by atoms with Crippen LogP contribution in [0.3, 0.4) is 0 Å². The van der Waals surface area contributed by atoms with E-state index >= 15 is 0 Å². The molecule has 5 heteroatoms. The largest absolute Gasteiger partial charge is 0.478 e. The zero-order valence-electron chi connectivity index (χ0n) is 10.2. The highest BCUT2D eigenvalue weighted by Gasteiger charge is 2.14. The van der Waals surface area contributed by atoms with Gasteiger partial charge in [0.25, 0.3) is 5.91 Å². The van der Waals surface area contributed by atoms with E-state index in [0.29, 0.717) is 18.2 Å². The van der Waals surface area contributed by atoms with Crippen LogP contribution in [0.25, 0.3) is 0 Å². The average molecular weight is 225 g/mol. The number of amides is 1. The molecule has 0 radical (unpaired) electrons. The molecule has 0 aliphatic rings. The molecule has 0 bridgehead atoms. The summed E-state index contributed by atoms with van der Waals surface area (Å²) in [5.41, 5.74) is 0. The number of aromatic nitrogens is 2. The fraction of sp³-hybridized carbons (Fsp3) is 0.636. The van der Waals surface area contributed by atoms with Gasteiger partial charge in [-0.3, -0.25) is 9.48 Å². The van der Waals surface area contributed by atoms with Gasteiger partial charge in [-0.1, -0.05) is 13.8 Å². The Kier molecular flexibility index (Phi) is 4.34. The molecule has 0 saturated heterocycles. The second-order valence-corrected chi connectivity index (χ2v) is 4.25. The van der Waals surface area contributed by atoms with E-state index in [9.17, 15) is 4.79 Å². The zero-order chi connectivity index (χ0) is 12.1. The standard InChI is InChI=1S/C11H19N3O2/c1-8(2)5-12-11(15)9(3)16-10-6-13-14(4)7-10/h6-9H,5H2,1-4H3,(H,12,15). The molecule has 1 atom stereocenters. The number of ether oxygens (including phenoxy) is 1. The van der Waals surface area contributed by atoms with Gasteiger partial charge in [0, 0.05) is 13.6 Å². The molecule has 16 heavy (non-hydrogen) atoms. The number of nitrogens with one attached hydrogen (secondary N) is 1. The summed E-state index contributed by atoms with van der Waals surface area (Å²) in [7, 11) is 1.80. The molecule has 0 aliphatic carbocycles. The van der Waals surface area contributed by atoms with E-state index in [1.54, 1.807) is 31.0 Å². The highest BCUT2D eigenvalue weighted by Crippen LogP contribution is 2.09. The molecule has 1 rings (SSSR count). The first kappa shape index (κ1) is 12.5. The molecule has 1 aromatic heterocycles. The van der Waals surface area contributed by atoms with E-state index in [4.69, 9.17) is 4.74 Å². The van der Waals surface area contributed by atoms with Crippen molar-refractivity contribution in [1.82, 2.24) is 15.1 Å². The number of aryl methyl sites for hydroxylation is 1. The van der Waals surface area contributed by atoms with Crippen LogP contribution in [0.2, 0.25) is 0 Å². The van der Waals surface area contributed by atoms with Crippen molar-refractivity contribution in [2.75, 3.05) is 6.54 Å². The van der Waals surface area contributed by atoms with Crippen LogP contribution in [0.1, 0.15) is 20.8 Å². The fourth-order valence-corrected chi connectivity index (χ4v) is 1.17. The predicted octanol–water partition coefficient (Wildman–Crippen LogP) is 0.960. The Labute approximate surface area is 95.8 Å². The van der Waals surface area contributed by atoms with Gasteiger partial charge >= 0.3 is 0 Å². The van der Waals surface area contributed by atoms with Crippen LogP contribution in [0.4, 0.5) is 0 Å². The van der Waals surface area contributed by atoms with Gasteiger partial charge < -0.3 is 10.1 Å². The molecule has 1 heterocycles. The van der Waals surface area contributed by atoms with Gasteiger partial charge in [-0.25, -0.2) is 0 Å². The van der Waals surface area contributed by atoms with Crippen LogP contribution in [-0.4, -0.2) is 28.3 Å². The van der Waals surface area contributed by atoms with Crippen LogP contribution in [-0.2, 0) is 11.8 Å². The van der Waals surface area contributed by atoms with Crippen molar-refractivity contribution in [1.29, 1.82) is 0 Å². The molecule has 5 nitrogen and oxygen atoms in total. The first-order valence-electron chi connectivity index (χ1n) is 5.42. The van der Waals surface area contributed by atoms with E-state index in [1.807, 2.05) is 13.8 Å². The molecule has 0 saturated carbocycles. The van der Waals surface area contributed by atoms with Crippen molar-refractivity contribution < 1.29 is 9.53 Å². The van der Waals surface area contributed by atoms with Gasteiger partial charge in [-0.15, -0.1) is 0 Å². The summed E-state index contributed by atoms with van der Waals surface area (Å²) >= 11 is 0. The van der Waals surface area contributed by atoms with E-state index in [1.165, 1.54) is 0 Å². The minimum absolute atomic E-state index is 0.0995. The van der Waals surface area contributed by atoms with Crippen LogP contribution < -0.4 is 10.1 Å². The lowest BCUT2D eigenvalue weighted by molar-refractivity contribution is -0.127. The molecule has 0 aliphatic heterocycles. The maximum absolute atomic E-state index is 11.6. The number of rotatable bonds is 5. The first-order chi connectivity index (χ1) is 7.49. The Morgan fingerprint density at radius 1 is 1.56 bits per heavy atom. The van der Waals surface area contributed by atoms with Crippen molar-refractivity contribution in [2.24, 2.45) is 13.0 Å². The molecule has 1 aromatic rings. The third-order valence-corrected chi connectivity index (χ3v) is 2.05. The smallest absolute Gasteiger partial charge is 0.260 e. The molecule has 90 valence electrons. The molecule has 0 fully saturated rings. The van der Waals surface area contributed by atoms with E-state index in [-0.39, 0.29) is 5.91 Å². The highest BCUT2D eigenvalue weighted by molar-refractivity contribution is 5.80. The van der Waals surface area contributed by atoms with Crippen molar-refractivity contribution >= 4 is 5.91 Å². The van der Waals surface area contributed by atoms with Crippen LogP contribution in [0, 0.1) is 5.92 Å². The number of nitrogens with zero attached hydrogens (tertiary/aromatic N) is 2. The number of hydrogen-bond donors (Lipinski definition) is 1. The number of hydrogen-bond acceptors (Lipinski definition) is 3. The summed E-state index contributed by atoms with van der Waals surface area (Å²) in [6.07, 6.45) is 2.82. The van der Waals surface area contributed by atoms with Crippen molar-refractivity contribution in [2.45, 2.75) is 26.9 Å². The second-order valence-electron chi connectivity index (χ2n) is 4.25. The summed E-state index contributed by atoms with van der Waals surface area (Å²) < 4.78 is 7.07. The van der Waals surface area contributed by atoms with E-state index in [2.05, 4.69) is 10.4 Å². The van der Waals surface area contributed by atoms with Gasteiger partial charge in [0.15, 0.2) is 11.9 Å². The fourth-order valence-electron chi connectivity index (χ4n) is 1.17. The monoisotopic (exact) mass is 225 g/mol. The molecule has 1 amide bonds. The maximum Gasteiger partial charge on any atom is 0.260 e. The van der Waals surface area contributed by atoms with Crippen LogP contribution in [0.5, 0.6) is 5.75 Å². The molecule has 1 N–H and O–H groups in total. The molecular formula is C11H19N3O2. The Bertz CT molecular complexity index is 347. The Hall–Kier alpha value is -1.52. The van der Waals surface area contributed by atoms with E-state index < -0.39 is 6.10 Å². The Balaban J connectivity index is 2.39. The predicted molar refractivity (Wildman–Crippen MR) is 61.1 cm³/mol.